The van der Waals surface area contributed by atoms with Gasteiger partial charge in [0.2, 0.25) is 10.0 Å². The van der Waals surface area contributed by atoms with Gasteiger partial charge in [-0.2, -0.15) is 22.7 Å². The van der Waals surface area contributed by atoms with E-state index in [2.05, 4.69) is 0 Å². The van der Waals surface area contributed by atoms with Gasteiger partial charge in [0.05, 0.1) is 22.1 Å². The summed E-state index contributed by atoms with van der Waals surface area (Å²) < 4.78 is 66.7. The topological polar surface area (TPSA) is 61.2 Å². The largest absolute Gasteiger partial charge is 0.416 e. The van der Waals surface area contributed by atoms with Gasteiger partial charge in [0.25, 0.3) is 0 Å². The molecule has 0 bridgehead atoms. The molecule has 3 rings (SSSR count). The molecular formula is C19H17F3N2O2S. The van der Waals surface area contributed by atoms with Crippen LogP contribution in [-0.4, -0.2) is 18.8 Å². The molecule has 1 aliphatic rings. The van der Waals surface area contributed by atoms with Crippen LogP contribution in [0.4, 0.5) is 13.2 Å². The van der Waals surface area contributed by atoms with Crippen molar-refractivity contribution in [2.24, 2.45) is 0 Å². The number of sulfonamides is 1. The third kappa shape index (κ3) is 3.99. The van der Waals surface area contributed by atoms with E-state index < -0.39 is 27.8 Å². The summed E-state index contributed by atoms with van der Waals surface area (Å²) in [6.45, 7) is 1.58. The highest BCUT2D eigenvalue weighted by atomic mass is 32.2. The Balaban J connectivity index is 2.02. The third-order valence-electron chi connectivity index (χ3n) is 4.52. The maximum Gasteiger partial charge on any atom is 0.416 e. The van der Waals surface area contributed by atoms with Crippen LogP contribution in [0.1, 0.15) is 42.5 Å². The zero-order valence-electron chi connectivity index (χ0n) is 14.4. The highest BCUT2D eigenvalue weighted by Crippen LogP contribution is 2.40. The first-order valence-corrected chi connectivity index (χ1v) is 9.79. The molecular weight excluding hydrogens is 377 g/mol. The van der Waals surface area contributed by atoms with Crippen LogP contribution in [-0.2, 0) is 16.2 Å². The molecule has 2 aromatic carbocycles. The maximum absolute atomic E-state index is 13.2. The fourth-order valence-corrected chi connectivity index (χ4v) is 4.93. The summed E-state index contributed by atoms with van der Waals surface area (Å²) in [5, 5.41) is 9.02. The molecule has 1 fully saturated rings. The van der Waals surface area contributed by atoms with Gasteiger partial charge in [0.15, 0.2) is 0 Å². The average molecular weight is 394 g/mol. The van der Waals surface area contributed by atoms with Crippen molar-refractivity contribution >= 4 is 10.0 Å². The second-order valence-corrected chi connectivity index (χ2v) is 8.35. The molecule has 0 saturated heterocycles. The van der Waals surface area contributed by atoms with E-state index in [1.54, 1.807) is 6.92 Å². The van der Waals surface area contributed by atoms with E-state index in [4.69, 9.17) is 5.26 Å². The molecule has 0 aliphatic heterocycles. The van der Waals surface area contributed by atoms with Crippen molar-refractivity contribution in [2.45, 2.75) is 42.9 Å². The van der Waals surface area contributed by atoms with Crippen LogP contribution in [0.2, 0.25) is 0 Å². The van der Waals surface area contributed by atoms with E-state index in [0.29, 0.717) is 12.8 Å². The molecule has 4 nitrogen and oxygen atoms in total. The van der Waals surface area contributed by atoms with Gasteiger partial charge in [-0.25, -0.2) is 8.42 Å². The minimum absolute atomic E-state index is 0.0349. The number of nitrogens with zero attached hydrogens (tertiary/aromatic N) is 2. The second kappa shape index (κ2) is 6.98. The van der Waals surface area contributed by atoms with Crippen molar-refractivity contribution in [3.8, 4) is 6.07 Å². The molecule has 1 atom stereocenters. The van der Waals surface area contributed by atoms with Crippen molar-refractivity contribution < 1.29 is 21.6 Å². The summed E-state index contributed by atoms with van der Waals surface area (Å²) in [6, 6.07) is 11.2. The molecule has 142 valence electrons. The first-order valence-electron chi connectivity index (χ1n) is 8.35. The molecule has 0 unspecified atom stereocenters. The number of benzene rings is 2. The molecule has 8 heteroatoms. The lowest BCUT2D eigenvalue weighted by molar-refractivity contribution is -0.137. The lowest BCUT2D eigenvalue weighted by Crippen LogP contribution is -2.35. The first-order chi connectivity index (χ1) is 12.6. The fraction of sp³-hybridized carbons (Fsp3) is 0.316. The van der Waals surface area contributed by atoms with Gasteiger partial charge >= 0.3 is 6.18 Å². The van der Waals surface area contributed by atoms with Crippen LogP contribution in [0.15, 0.2) is 53.4 Å². The molecule has 0 N–H and O–H groups in total. The molecule has 0 aromatic heterocycles. The lowest BCUT2D eigenvalue weighted by Gasteiger charge is -2.29. The standard InChI is InChI=1S/C19H17F3N2O2S/c1-13(15-5-3-6-16(11-15)19(20,21)22)24(17-8-9-17)27(25,26)18-7-2-4-14(10-18)12-23/h2-7,10-11,13,17H,8-9H2,1H3/t13-/m1/s1. The molecule has 0 amide bonds. The number of alkyl halides is 3. The minimum atomic E-state index is -4.50. The van der Waals surface area contributed by atoms with Crippen LogP contribution in [0.5, 0.6) is 0 Å². The minimum Gasteiger partial charge on any atom is -0.207 e. The highest BCUT2D eigenvalue weighted by molar-refractivity contribution is 7.89. The van der Waals surface area contributed by atoms with Crippen LogP contribution in [0, 0.1) is 11.3 Å². The Morgan fingerprint density at radius 1 is 1.15 bits per heavy atom. The van der Waals surface area contributed by atoms with Gasteiger partial charge in [-0.3, -0.25) is 0 Å². The quantitative estimate of drug-likeness (QED) is 0.751. The molecule has 2 aromatic rings. The number of hydrogen-bond acceptors (Lipinski definition) is 3. The van der Waals surface area contributed by atoms with Crippen LogP contribution in [0.25, 0.3) is 0 Å². The molecule has 1 aliphatic carbocycles. The Bertz CT molecular complexity index is 992. The third-order valence-corrected chi connectivity index (χ3v) is 6.54. The predicted octanol–water partition coefficient (Wildman–Crippen LogP) is 4.49. The van der Waals surface area contributed by atoms with Crippen molar-refractivity contribution in [3.63, 3.8) is 0 Å². The summed E-state index contributed by atoms with van der Waals surface area (Å²) in [6.07, 6.45) is -3.19. The summed E-state index contributed by atoms with van der Waals surface area (Å²) in [5.41, 5.74) is -0.332. The summed E-state index contributed by atoms with van der Waals surface area (Å²) >= 11 is 0. The van der Waals surface area contributed by atoms with Gasteiger partial charge < -0.3 is 0 Å². The smallest absolute Gasteiger partial charge is 0.207 e. The molecule has 27 heavy (non-hydrogen) atoms. The van der Waals surface area contributed by atoms with Crippen molar-refractivity contribution in [1.82, 2.24) is 4.31 Å². The van der Waals surface area contributed by atoms with Crippen LogP contribution in [0.3, 0.4) is 0 Å². The number of halogens is 3. The van der Waals surface area contributed by atoms with Crippen molar-refractivity contribution in [2.75, 3.05) is 0 Å². The van der Waals surface area contributed by atoms with Crippen molar-refractivity contribution in [3.05, 3.63) is 65.2 Å². The number of rotatable bonds is 5. The van der Waals surface area contributed by atoms with Gasteiger partial charge in [-0.05, 0) is 55.7 Å². The van der Waals surface area contributed by atoms with Gasteiger partial charge in [0, 0.05) is 12.1 Å². The number of hydrogen-bond donors (Lipinski definition) is 0. The zero-order chi connectivity index (χ0) is 19.8. The Hall–Kier alpha value is -2.37. The van der Waals surface area contributed by atoms with E-state index in [0.717, 1.165) is 12.1 Å². The summed E-state index contributed by atoms with van der Waals surface area (Å²) in [4.78, 5) is -0.0349. The number of nitriles is 1. The van der Waals surface area contributed by atoms with Crippen LogP contribution < -0.4 is 0 Å². The van der Waals surface area contributed by atoms with E-state index in [1.165, 1.54) is 40.7 Å². The molecule has 0 radical (unpaired) electrons. The average Bonchev–Trinajstić information content (AvgIpc) is 3.46. The Labute approximate surface area is 155 Å². The highest BCUT2D eigenvalue weighted by Gasteiger charge is 2.42. The van der Waals surface area contributed by atoms with Crippen molar-refractivity contribution in [1.29, 1.82) is 5.26 Å². The molecule has 1 saturated carbocycles. The Kier molecular flexibility index (Phi) is 5.02. The summed E-state index contributed by atoms with van der Waals surface area (Å²) in [7, 11) is -3.97. The summed E-state index contributed by atoms with van der Waals surface area (Å²) in [5.74, 6) is 0. The normalized spacial score (nSPS) is 16.1. The predicted molar refractivity (Wildman–Crippen MR) is 93.1 cm³/mol. The second-order valence-electron chi connectivity index (χ2n) is 6.50. The first kappa shape index (κ1) is 19.4. The van der Waals surface area contributed by atoms with E-state index in [-0.39, 0.29) is 22.1 Å². The van der Waals surface area contributed by atoms with Crippen LogP contribution >= 0.6 is 0 Å². The van der Waals surface area contributed by atoms with E-state index in [9.17, 15) is 21.6 Å². The monoisotopic (exact) mass is 394 g/mol. The van der Waals surface area contributed by atoms with E-state index in [1.807, 2.05) is 6.07 Å². The van der Waals surface area contributed by atoms with Gasteiger partial charge in [-0.15, -0.1) is 0 Å². The maximum atomic E-state index is 13.2. The SMILES string of the molecule is C[C@H](c1cccc(C(F)(F)F)c1)N(C1CC1)S(=O)(=O)c1cccc(C#N)c1. The Morgan fingerprint density at radius 2 is 1.81 bits per heavy atom. The van der Waals surface area contributed by atoms with E-state index >= 15 is 0 Å². The fourth-order valence-electron chi connectivity index (χ4n) is 3.02. The lowest BCUT2D eigenvalue weighted by atomic mass is 10.0. The molecule has 0 spiro atoms. The van der Waals surface area contributed by atoms with Gasteiger partial charge in [0.1, 0.15) is 0 Å². The van der Waals surface area contributed by atoms with Gasteiger partial charge in [-0.1, -0.05) is 18.2 Å². The Morgan fingerprint density at radius 3 is 2.41 bits per heavy atom. The molecule has 0 heterocycles. The zero-order valence-corrected chi connectivity index (χ0v) is 15.3.